The van der Waals surface area contributed by atoms with Crippen molar-refractivity contribution in [2.45, 2.75) is 37.5 Å². The monoisotopic (exact) mass is 364 g/mol. The van der Waals surface area contributed by atoms with E-state index in [1.165, 1.54) is 12.0 Å². The van der Waals surface area contributed by atoms with Crippen molar-refractivity contribution in [1.29, 1.82) is 0 Å². The van der Waals surface area contributed by atoms with Crippen LogP contribution in [-0.2, 0) is 14.9 Å². The number of hydrogen-bond acceptors (Lipinski definition) is 3. The summed E-state index contributed by atoms with van der Waals surface area (Å²) in [7, 11) is 0. The molecule has 138 valence electrons. The third-order valence-corrected chi connectivity index (χ3v) is 6.53. The summed E-state index contributed by atoms with van der Waals surface area (Å²) >= 11 is 0. The summed E-state index contributed by atoms with van der Waals surface area (Å²) in [6.07, 6.45) is 5.17. The normalized spacial score (nSPS) is 24.7. The third-order valence-electron chi connectivity index (χ3n) is 6.53. The molecule has 0 aliphatic carbocycles. The van der Waals surface area contributed by atoms with Gasteiger partial charge in [0.2, 0.25) is 5.91 Å². The molecule has 3 fully saturated rings. The molecule has 3 heterocycles. The Kier molecular flexibility index (Phi) is 5.71. The number of carbonyl (C=O) groups excluding carboxylic acids is 1. The molecule has 0 atom stereocenters. The summed E-state index contributed by atoms with van der Waals surface area (Å²) in [4.78, 5) is 15.7. The van der Waals surface area contributed by atoms with Crippen LogP contribution in [-0.4, -0.2) is 50.2 Å². The molecule has 0 radical (unpaired) electrons. The van der Waals surface area contributed by atoms with Crippen molar-refractivity contribution in [2.24, 2.45) is 5.41 Å². The van der Waals surface area contributed by atoms with Gasteiger partial charge in [0.15, 0.2) is 0 Å². The van der Waals surface area contributed by atoms with Gasteiger partial charge in [-0.3, -0.25) is 4.79 Å². The fourth-order valence-electron chi connectivity index (χ4n) is 4.81. The highest BCUT2D eigenvalue weighted by atomic mass is 35.5. The first-order valence-electron chi connectivity index (χ1n) is 9.38. The molecule has 4 nitrogen and oxygen atoms in total. The Morgan fingerprint density at radius 3 is 2.28 bits per heavy atom. The molecule has 1 spiro atoms. The maximum absolute atomic E-state index is 13.5. The van der Waals surface area contributed by atoms with Crippen LogP contribution in [0.25, 0.3) is 0 Å². The number of amides is 1. The molecular weight excluding hydrogens is 336 g/mol. The number of likely N-dealkylation sites (tertiary alicyclic amines) is 1. The fraction of sp³-hybridized carbons (Fsp3) is 0.650. The number of nitrogens with zero attached hydrogens (tertiary/aromatic N) is 1. The second-order valence-electron chi connectivity index (χ2n) is 7.78. The van der Waals surface area contributed by atoms with Gasteiger partial charge in [-0.15, -0.1) is 12.4 Å². The van der Waals surface area contributed by atoms with E-state index in [9.17, 15) is 4.79 Å². The molecule has 3 saturated heterocycles. The number of nitrogens with one attached hydrogen (secondary N) is 1. The highest BCUT2D eigenvalue weighted by Gasteiger charge is 2.46. The van der Waals surface area contributed by atoms with E-state index in [0.717, 1.165) is 51.9 Å². The van der Waals surface area contributed by atoms with Gasteiger partial charge in [-0.05, 0) is 49.6 Å². The van der Waals surface area contributed by atoms with E-state index in [0.29, 0.717) is 24.5 Å². The molecule has 1 N–H and O–H groups in total. The van der Waals surface area contributed by atoms with E-state index >= 15 is 0 Å². The zero-order valence-electron chi connectivity index (χ0n) is 14.8. The van der Waals surface area contributed by atoms with Crippen LogP contribution >= 0.6 is 12.4 Å². The Bertz CT molecular complexity index is 571. The Morgan fingerprint density at radius 1 is 1.00 bits per heavy atom. The number of piperidine rings is 1. The van der Waals surface area contributed by atoms with Crippen LogP contribution in [0.1, 0.15) is 37.7 Å². The molecule has 4 rings (SSSR count). The summed E-state index contributed by atoms with van der Waals surface area (Å²) < 4.78 is 5.58. The molecule has 3 aliphatic rings. The van der Waals surface area contributed by atoms with Crippen LogP contribution in [0.4, 0.5) is 0 Å². The lowest BCUT2D eigenvalue weighted by molar-refractivity contribution is -0.143. The smallest absolute Gasteiger partial charge is 0.233 e. The number of ether oxygens (including phenoxy) is 1. The van der Waals surface area contributed by atoms with Crippen LogP contribution in [0.2, 0.25) is 0 Å². The second-order valence-corrected chi connectivity index (χ2v) is 7.78. The average molecular weight is 365 g/mol. The van der Waals surface area contributed by atoms with Gasteiger partial charge in [-0.2, -0.15) is 0 Å². The average Bonchev–Trinajstić information content (AvgIpc) is 3.11. The van der Waals surface area contributed by atoms with E-state index in [4.69, 9.17) is 4.74 Å². The van der Waals surface area contributed by atoms with Crippen molar-refractivity contribution in [3.63, 3.8) is 0 Å². The van der Waals surface area contributed by atoms with Gasteiger partial charge in [0.1, 0.15) is 0 Å². The van der Waals surface area contributed by atoms with E-state index in [-0.39, 0.29) is 17.8 Å². The summed E-state index contributed by atoms with van der Waals surface area (Å²) in [6.45, 7) is 5.46. The van der Waals surface area contributed by atoms with Gasteiger partial charge >= 0.3 is 0 Å². The lowest BCUT2D eigenvalue weighted by atomic mass is 9.71. The first-order valence-corrected chi connectivity index (χ1v) is 9.38. The first-order chi connectivity index (χ1) is 11.7. The molecule has 0 saturated carbocycles. The molecule has 0 aromatic heterocycles. The molecule has 1 aromatic rings. The van der Waals surface area contributed by atoms with Gasteiger partial charge in [0.25, 0.3) is 0 Å². The van der Waals surface area contributed by atoms with Crippen molar-refractivity contribution in [2.75, 3.05) is 39.4 Å². The molecule has 3 aliphatic heterocycles. The molecule has 0 bridgehead atoms. The molecular formula is C20H29ClN2O2. The molecule has 25 heavy (non-hydrogen) atoms. The van der Waals surface area contributed by atoms with Crippen molar-refractivity contribution < 1.29 is 9.53 Å². The van der Waals surface area contributed by atoms with E-state index in [1.54, 1.807) is 0 Å². The summed E-state index contributed by atoms with van der Waals surface area (Å²) in [5, 5.41) is 3.50. The number of hydrogen-bond donors (Lipinski definition) is 1. The molecule has 0 unspecified atom stereocenters. The van der Waals surface area contributed by atoms with Crippen LogP contribution in [0.5, 0.6) is 0 Å². The molecule has 1 amide bonds. The second kappa shape index (κ2) is 7.65. The van der Waals surface area contributed by atoms with Gasteiger partial charge in [0.05, 0.1) is 5.41 Å². The number of benzene rings is 1. The minimum atomic E-state index is -0.377. The Balaban J connectivity index is 0.00000182. The minimum absolute atomic E-state index is 0. The number of halogens is 1. The number of rotatable bonds is 2. The number of carbonyl (C=O) groups is 1. The quantitative estimate of drug-likeness (QED) is 0.877. The van der Waals surface area contributed by atoms with Gasteiger partial charge in [0, 0.05) is 32.8 Å². The maximum Gasteiger partial charge on any atom is 0.233 e. The zero-order valence-corrected chi connectivity index (χ0v) is 15.7. The SMILES string of the molecule is Cl.O=C(N1CCC2(CCNC2)CC1)C1(c2ccccc2)CCOCC1. The van der Waals surface area contributed by atoms with Crippen LogP contribution < -0.4 is 5.32 Å². The Labute approximate surface area is 156 Å². The predicted molar refractivity (Wildman–Crippen MR) is 101 cm³/mol. The van der Waals surface area contributed by atoms with Crippen molar-refractivity contribution in [1.82, 2.24) is 10.2 Å². The summed E-state index contributed by atoms with van der Waals surface area (Å²) in [5.74, 6) is 0.331. The summed E-state index contributed by atoms with van der Waals surface area (Å²) in [5.41, 5.74) is 1.24. The predicted octanol–water partition coefficient (Wildman–Crippen LogP) is 2.76. The van der Waals surface area contributed by atoms with Gasteiger partial charge in [-0.1, -0.05) is 30.3 Å². The molecule has 1 aromatic carbocycles. The van der Waals surface area contributed by atoms with E-state index < -0.39 is 0 Å². The van der Waals surface area contributed by atoms with Gasteiger partial charge < -0.3 is 15.0 Å². The fourth-order valence-corrected chi connectivity index (χ4v) is 4.81. The maximum atomic E-state index is 13.5. The van der Waals surface area contributed by atoms with E-state index in [1.807, 2.05) is 6.07 Å². The third kappa shape index (κ3) is 3.44. The molecule has 5 heteroatoms. The van der Waals surface area contributed by atoms with E-state index in [2.05, 4.69) is 34.5 Å². The van der Waals surface area contributed by atoms with Crippen LogP contribution in [0.3, 0.4) is 0 Å². The van der Waals surface area contributed by atoms with Crippen LogP contribution in [0, 0.1) is 5.41 Å². The standard InChI is InChI=1S/C20H28N2O2.ClH/c23-18(22-12-7-19(8-13-22)6-11-21-16-19)20(9-14-24-15-10-20)17-4-2-1-3-5-17;/h1-5,21H,6-16H2;1H. The first kappa shape index (κ1) is 18.7. The Hall–Kier alpha value is -1.10. The minimum Gasteiger partial charge on any atom is -0.381 e. The highest BCUT2D eigenvalue weighted by Crippen LogP contribution is 2.41. The van der Waals surface area contributed by atoms with Crippen molar-refractivity contribution in [3.8, 4) is 0 Å². The highest BCUT2D eigenvalue weighted by molar-refractivity contribution is 5.88. The Morgan fingerprint density at radius 2 is 1.68 bits per heavy atom. The topological polar surface area (TPSA) is 41.6 Å². The largest absolute Gasteiger partial charge is 0.381 e. The zero-order chi connectivity index (χ0) is 16.5. The lowest BCUT2D eigenvalue weighted by Gasteiger charge is -2.44. The van der Waals surface area contributed by atoms with Crippen molar-refractivity contribution >= 4 is 18.3 Å². The summed E-state index contributed by atoms with van der Waals surface area (Å²) in [6, 6.07) is 10.4. The van der Waals surface area contributed by atoms with Gasteiger partial charge in [-0.25, -0.2) is 0 Å². The lowest BCUT2D eigenvalue weighted by Crippen LogP contribution is -2.53. The van der Waals surface area contributed by atoms with Crippen molar-refractivity contribution in [3.05, 3.63) is 35.9 Å². The van der Waals surface area contributed by atoms with Crippen LogP contribution in [0.15, 0.2) is 30.3 Å².